The molecule has 0 unspecified atom stereocenters. The number of carbonyl (C=O) groups excluding carboxylic acids is 1. The first kappa shape index (κ1) is 17.0. The van der Waals surface area contributed by atoms with Crippen LogP contribution in [-0.2, 0) is 17.6 Å². The van der Waals surface area contributed by atoms with E-state index in [4.69, 9.17) is 0 Å². The van der Waals surface area contributed by atoms with E-state index in [0.717, 1.165) is 30.4 Å². The third-order valence-electron chi connectivity index (χ3n) is 4.33. The molecule has 25 heavy (non-hydrogen) atoms. The van der Waals surface area contributed by atoms with Crippen LogP contribution in [0.15, 0.2) is 35.9 Å². The van der Waals surface area contributed by atoms with Crippen molar-refractivity contribution in [3.05, 3.63) is 57.5 Å². The summed E-state index contributed by atoms with van der Waals surface area (Å²) in [7, 11) is 0. The van der Waals surface area contributed by atoms with E-state index in [2.05, 4.69) is 18.3 Å². The normalized spacial score (nSPS) is 16.4. The summed E-state index contributed by atoms with van der Waals surface area (Å²) in [6.07, 6.45) is 4.42. The van der Waals surface area contributed by atoms with Crippen LogP contribution in [0, 0.1) is 28.6 Å². The summed E-state index contributed by atoms with van der Waals surface area (Å²) in [5.41, 5.74) is 2.42. The van der Waals surface area contributed by atoms with E-state index in [1.807, 2.05) is 36.4 Å². The molecule has 1 amide bonds. The lowest BCUT2D eigenvalue weighted by Gasteiger charge is -2.17. The van der Waals surface area contributed by atoms with Gasteiger partial charge >= 0.3 is 0 Å². The molecule has 2 aromatic rings. The Morgan fingerprint density at radius 1 is 1.32 bits per heavy atom. The van der Waals surface area contributed by atoms with Gasteiger partial charge in [-0.2, -0.15) is 10.5 Å². The van der Waals surface area contributed by atoms with Crippen LogP contribution < -0.4 is 5.32 Å². The highest BCUT2D eigenvalue weighted by molar-refractivity contribution is 7.16. The Kier molecular flexibility index (Phi) is 4.97. The predicted molar refractivity (Wildman–Crippen MR) is 98.9 cm³/mol. The molecule has 0 radical (unpaired) electrons. The molecular weight excluding hydrogens is 330 g/mol. The van der Waals surface area contributed by atoms with Crippen LogP contribution in [0.5, 0.6) is 0 Å². The van der Waals surface area contributed by atoms with Crippen LogP contribution in [-0.4, -0.2) is 5.91 Å². The lowest BCUT2D eigenvalue weighted by Crippen LogP contribution is -2.13. The molecule has 1 aromatic heterocycles. The molecule has 1 aromatic carbocycles. The van der Waals surface area contributed by atoms with Crippen LogP contribution >= 0.6 is 11.3 Å². The Hall–Kier alpha value is -2.89. The second kappa shape index (κ2) is 7.34. The third kappa shape index (κ3) is 3.63. The highest BCUT2D eigenvalue weighted by Crippen LogP contribution is 2.39. The minimum Gasteiger partial charge on any atom is -0.312 e. The molecule has 5 heteroatoms. The smallest absolute Gasteiger partial charge is 0.266 e. The molecule has 124 valence electrons. The first-order valence-electron chi connectivity index (χ1n) is 8.15. The summed E-state index contributed by atoms with van der Waals surface area (Å²) < 4.78 is 0. The standard InChI is InChI=1S/C20H17N3OS/c1-13-7-8-16-17(12-22)20(25-18(16)9-13)23-19(24)15(11-21)10-14-5-3-2-4-6-14/h2-6,10,13H,7-9H2,1H3,(H,23,24)/b15-10-/t13-/m1/s1. The maximum absolute atomic E-state index is 12.5. The number of benzene rings is 1. The van der Waals surface area contributed by atoms with Crippen molar-refractivity contribution in [1.29, 1.82) is 10.5 Å². The van der Waals surface area contributed by atoms with Gasteiger partial charge in [-0.1, -0.05) is 37.3 Å². The molecular formula is C20H17N3OS. The molecule has 1 aliphatic rings. The minimum atomic E-state index is -0.477. The lowest BCUT2D eigenvalue weighted by molar-refractivity contribution is -0.112. The third-order valence-corrected chi connectivity index (χ3v) is 5.50. The second-order valence-electron chi connectivity index (χ2n) is 6.20. The summed E-state index contributed by atoms with van der Waals surface area (Å²) in [6, 6.07) is 13.4. The van der Waals surface area contributed by atoms with E-state index in [-0.39, 0.29) is 5.57 Å². The summed E-state index contributed by atoms with van der Waals surface area (Å²) in [4.78, 5) is 13.7. The molecule has 0 saturated carbocycles. The summed E-state index contributed by atoms with van der Waals surface area (Å²) >= 11 is 1.46. The van der Waals surface area contributed by atoms with Gasteiger partial charge in [-0.25, -0.2) is 0 Å². The van der Waals surface area contributed by atoms with Crippen LogP contribution in [0.25, 0.3) is 6.08 Å². The van der Waals surface area contributed by atoms with E-state index in [1.165, 1.54) is 16.2 Å². The molecule has 0 saturated heterocycles. The number of fused-ring (bicyclic) bond motifs is 1. The molecule has 4 nitrogen and oxygen atoms in total. The topological polar surface area (TPSA) is 76.7 Å². The number of carbonyl (C=O) groups is 1. The van der Waals surface area contributed by atoms with Crippen LogP contribution in [0.3, 0.4) is 0 Å². The average Bonchev–Trinajstić information content (AvgIpc) is 2.96. The van der Waals surface area contributed by atoms with Crippen molar-refractivity contribution in [3.63, 3.8) is 0 Å². The monoisotopic (exact) mass is 347 g/mol. The van der Waals surface area contributed by atoms with E-state index in [9.17, 15) is 15.3 Å². The first-order valence-corrected chi connectivity index (χ1v) is 8.97. The van der Waals surface area contributed by atoms with Gasteiger partial charge in [-0.15, -0.1) is 11.3 Å². The Morgan fingerprint density at radius 2 is 2.08 bits per heavy atom. The van der Waals surface area contributed by atoms with Gasteiger partial charge in [0.25, 0.3) is 5.91 Å². The second-order valence-corrected chi connectivity index (χ2v) is 7.31. The number of thiophene rings is 1. The molecule has 0 bridgehead atoms. The molecule has 3 rings (SSSR count). The number of nitrogens with one attached hydrogen (secondary N) is 1. The quantitative estimate of drug-likeness (QED) is 0.664. The number of amides is 1. The molecule has 1 aliphatic carbocycles. The fourth-order valence-corrected chi connectivity index (χ4v) is 4.35. The predicted octanol–water partition coefficient (Wildman–Crippen LogP) is 4.29. The van der Waals surface area contributed by atoms with Crippen molar-refractivity contribution in [2.24, 2.45) is 5.92 Å². The van der Waals surface area contributed by atoms with Gasteiger partial charge in [-0.05, 0) is 42.4 Å². The van der Waals surface area contributed by atoms with E-state index in [0.29, 0.717) is 16.5 Å². The first-order chi connectivity index (χ1) is 12.1. The zero-order chi connectivity index (χ0) is 17.8. The lowest BCUT2D eigenvalue weighted by atomic mass is 9.88. The van der Waals surface area contributed by atoms with Crippen molar-refractivity contribution in [1.82, 2.24) is 0 Å². The number of nitrogens with zero attached hydrogens (tertiary/aromatic N) is 2. The summed E-state index contributed by atoms with van der Waals surface area (Å²) in [6.45, 7) is 2.20. The SMILES string of the molecule is C[C@@H]1CCc2c(sc(NC(=O)/C(C#N)=C\c3ccccc3)c2C#N)C1. The van der Waals surface area contributed by atoms with Gasteiger partial charge in [-0.3, -0.25) is 4.79 Å². The summed E-state index contributed by atoms with van der Waals surface area (Å²) in [5, 5.41) is 22.1. The maximum atomic E-state index is 12.5. The minimum absolute atomic E-state index is 0.0230. The zero-order valence-corrected chi connectivity index (χ0v) is 14.7. The van der Waals surface area contributed by atoms with Crippen LogP contribution in [0.4, 0.5) is 5.00 Å². The van der Waals surface area contributed by atoms with Crippen molar-refractivity contribution >= 4 is 28.3 Å². The molecule has 1 atom stereocenters. The molecule has 1 heterocycles. The van der Waals surface area contributed by atoms with Crippen molar-refractivity contribution in [2.45, 2.75) is 26.2 Å². The fraction of sp³-hybridized carbons (Fsp3) is 0.250. The van der Waals surface area contributed by atoms with Crippen LogP contribution in [0.2, 0.25) is 0 Å². The Labute approximate surface area is 151 Å². The van der Waals surface area contributed by atoms with Gasteiger partial charge in [0.15, 0.2) is 0 Å². The van der Waals surface area contributed by atoms with Crippen molar-refractivity contribution < 1.29 is 4.79 Å². The highest BCUT2D eigenvalue weighted by atomic mass is 32.1. The Bertz CT molecular complexity index is 913. The molecule has 0 spiro atoms. The zero-order valence-electron chi connectivity index (χ0n) is 13.9. The van der Waals surface area contributed by atoms with Gasteiger partial charge < -0.3 is 5.32 Å². The van der Waals surface area contributed by atoms with Gasteiger partial charge in [0, 0.05) is 4.88 Å². The van der Waals surface area contributed by atoms with Gasteiger partial charge in [0.05, 0.1) is 5.56 Å². The summed E-state index contributed by atoms with van der Waals surface area (Å²) in [5.74, 6) is 0.114. The van der Waals surface area contributed by atoms with E-state index in [1.54, 1.807) is 6.08 Å². The van der Waals surface area contributed by atoms with Crippen molar-refractivity contribution in [2.75, 3.05) is 5.32 Å². The Balaban J connectivity index is 1.87. The molecule has 0 aliphatic heterocycles. The van der Waals surface area contributed by atoms with Gasteiger partial charge in [0.1, 0.15) is 22.7 Å². The number of hydrogen-bond acceptors (Lipinski definition) is 4. The van der Waals surface area contributed by atoms with Crippen LogP contribution in [0.1, 0.15) is 34.9 Å². The molecule has 0 fully saturated rings. The van der Waals surface area contributed by atoms with E-state index >= 15 is 0 Å². The number of anilines is 1. The molecule has 1 N–H and O–H groups in total. The Morgan fingerprint density at radius 3 is 2.76 bits per heavy atom. The maximum Gasteiger partial charge on any atom is 0.266 e. The van der Waals surface area contributed by atoms with Crippen molar-refractivity contribution in [3.8, 4) is 12.1 Å². The van der Waals surface area contributed by atoms with E-state index < -0.39 is 5.91 Å². The number of rotatable bonds is 3. The highest BCUT2D eigenvalue weighted by Gasteiger charge is 2.25. The van der Waals surface area contributed by atoms with Gasteiger partial charge in [0.2, 0.25) is 0 Å². The number of nitriles is 2. The largest absolute Gasteiger partial charge is 0.312 e. The fourth-order valence-electron chi connectivity index (χ4n) is 2.99. The average molecular weight is 347 g/mol. The number of hydrogen-bond donors (Lipinski definition) is 1.